The molecule has 1 saturated heterocycles. The molecule has 4 rings (SSSR count). The predicted octanol–water partition coefficient (Wildman–Crippen LogP) is 2.10. The Kier molecular flexibility index (Phi) is 4.21. The molecule has 0 aromatic carbocycles. The van der Waals surface area contributed by atoms with E-state index in [-0.39, 0.29) is 0 Å². The summed E-state index contributed by atoms with van der Waals surface area (Å²) in [6.07, 6.45) is 7.55. The van der Waals surface area contributed by atoms with Crippen LogP contribution in [0.1, 0.15) is 24.3 Å². The highest BCUT2D eigenvalue weighted by atomic mass is 32.2. The third-order valence-corrected chi connectivity index (χ3v) is 6.21. The van der Waals surface area contributed by atoms with Crippen molar-refractivity contribution in [1.29, 1.82) is 0 Å². The minimum atomic E-state index is -3.10. The van der Waals surface area contributed by atoms with Crippen LogP contribution < -0.4 is 4.90 Å². The summed E-state index contributed by atoms with van der Waals surface area (Å²) in [6.45, 7) is 2.34. The number of rotatable bonds is 4. The second kappa shape index (κ2) is 6.38. The van der Waals surface area contributed by atoms with Gasteiger partial charge in [-0.1, -0.05) is 0 Å². The van der Waals surface area contributed by atoms with Gasteiger partial charge < -0.3 is 4.90 Å². The van der Waals surface area contributed by atoms with E-state index in [4.69, 9.17) is 0 Å². The number of anilines is 1. The van der Waals surface area contributed by atoms with Crippen molar-refractivity contribution in [3.8, 4) is 11.3 Å². The minimum absolute atomic E-state index is 0.507. The molecular weight excluding hydrogens is 336 g/mol. The predicted molar refractivity (Wildman–Crippen MR) is 98.1 cm³/mol. The fourth-order valence-corrected chi connectivity index (χ4v) is 4.08. The Morgan fingerprint density at radius 2 is 1.80 bits per heavy atom. The summed E-state index contributed by atoms with van der Waals surface area (Å²) in [4.78, 5) is 11.2. The summed E-state index contributed by atoms with van der Waals surface area (Å²) in [6, 6.07) is 8.31. The van der Waals surface area contributed by atoms with Crippen molar-refractivity contribution in [3.63, 3.8) is 0 Å². The summed E-state index contributed by atoms with van der Waals surface area (Å²) in [5.74, 6) is 1.59. The van der Waals surface area contributed by atoms with Crippen molar-refractivity contribution < 1.29 is 8.42 Å². The van der Waals surface area contributed by atoms with Gasteiger partial charge in [0.2, 0.25) is 10.0 Å². The largest absolute Gasteiger partial charge is 0.354 e. The quantitative estimate of drug-likeness (QED) is 0.837. The highest BCUT2D eigenvalue weighted by Crippen LogP contribution is 2.40. The number of aromatic nitrogens is 2. The highest BCUT2D eigenvalue weighted by molar-refractivity contribution is 7.88. The number of piperazine rings is 1. The van der Waals surface area contributed by atoms with Crippen LogP contribution in [0.4, 0.5) is 5.82 Å². The van der Waals surface area contributed by atoms with Crippen molar-refractivity contribution in [1.82, 2.24) is 14.3 Å². The average molecular weight is 358 g/mol. The molecule has 3 heterocycles. The zero-order valence-corrected chi connectivity index (χ0v) is 15.1. The summed E-state index contributed by atoms with van der Waals surface area (Å²) in [7, 11) is -3.10. The second-order valence-electron chi connectivity index (χ2n) is 6.80. The van der Waals surface area contributed by atoms with Crippen LogP contribution in [-0.4, -0.2) is 55.1 Å². The van der Waals surface area contributed by atoms with E-state index in [1.54, 1.807) is 0 Å². The molecule has 0 spiro atoms. The maximum atomic E-state index is 11.6. The molecule has 0 atom stereocenters. The van der Waals surface area contributed by atoms with Gasteiger partial charge in [-0.2, -0.15) is 4.31 Å². The van der Waals surface area contributed by atoms with Crippen molar-refractivity contribution in [2.45, 2.75) is 18.8 Å². The first-order chi connectivity index (χ1) is 12.0. The third-order valence-electron chi connectivity index (χ3n) is 4.91. The first-order valence-electron chi connectivity index (χ1n) is 8.63. The van der Waals surface area contributed by atoms with Gasteiger partial charge in [0.15, 0.2) is 0 Å². The molecule has 0 unspecified atom stereocenters. The molecule has 1 aliphatic heterocycles. The molecule has 2 aromatic rings. The van der Waals surface area contributed by atoms with Crippen LogP contribution in [0.2, 0.25) is 0 Å². The molecule has 0 radical (unpaired) electrons. The van der Waals surface area contributed by atoms with Crippen LogP contribution in [0, 0.1) is 0 Å². The molecule has 7 heteroatoms. The first kappa shape index (κ1) is 16.5. The minimum Gasteiger partial charge on any atom is -0.354 e. The fraction of sp³-hybridized carbons (Fsp3) is 0.444. The van der Waals surface area contributed by atoms with Crippen molar-refractivity contribution in [3.05, 3.63) is 42.2 Å². The Morgan fingerprint density at radius 3 is 2.40 bits per heavy atom. The van der Waals surface area contributed by atoms with Gasteiger partial charge in [0, 0.05) is 44.1 Å². The van der Waals surface area contributed by atoms with E-state index in [1.807, 2.05) is 24.5 Å². The van der Waals surface area contributed by atoms with Crippen molar-refractivity contribution in [2.75, 3.05) is 37.3 Å². The zero-order chi connectivity index (χ0) is 17.4. The molecule has 1 saturated carbocycles. The first-order valence-corrected chi connectivity index (χ1v) is 10.5. The number of hydrogen-bond acceptors (Lipinski definition) is 5. The van der Waals surface area contributed by atoms with Crippen LogP contribution in [0.15, 0.2) is 36.7 Å². The molecule has 2 fully saturated rings. The number of sulfonamides is 1. The molecule has 132 valence electrons. The van der Waals surface area contributed by atoms with Crippen LogP contribution in [0.25, 0.3) is 11.3 Å². The SMILES string of the molecule is CS(=O)(=O)N1CCN(c2ccc(-c3cc(C4CC4)ccn3)cn2)CC1. The van der Waals surface area contributed by atoms with Gasteiger partial charge in [0.05, 0.1) is 11.9 Å². The molecule has 2 aliphatic rings. The summed E-state index contributed by atoms with van der Waals surface area (Å²) in [5.41, 5.74) is 3.34. The smallest absolute Gasteiger partial charge is 0.211 e. The zero-order valence-electron chi connectivity index (χ0n) is 14.3. The van der Waals surface area contributed by atoms with E-state index < -0.39 is 10.0 Å². The van der Waals surface area contributed by atoms with Crippen molar-refractivity contribution in [2.24, 2.45) is 0 Å². The van der Waals surface area contributed by atoms with E-state index in [2.05, 4.69) is 27.0 Å². The average Bonchev–Trinajstić information content (AvgIpc) is 3.47. The topological polar surface area (TPSA) is 66.4 Å². The van der Waals surface area contributed by atoms with Crippen LogP contribution in [0.3, 0.4) is 0 Å². The second-order valence-corrected chi connectivity index (χ2v) is 8.79. The highest BCUT2D eigenvalue weighted by Gasteiger charge is 2.25. The summed E-state index contributed by atoms with van der Waals surface area (Å²) in [5, 5.41) is 0. The Bertz CT molecular complexity index is 855. The lowest BCUT2D eigenvalue weighted by Crippen LogP contribution is -2.48. The molecule has 25 heavy (non-hydrogen) atoms. The summed E-state index contributed by atoms with van der Waals surface area (Å²) < 4.78 is 24.7. The van der Waals surface area contributed by atoms with Gasteiger partial charge >= 0.3 is 0 Å². The summed E-state index contributed by atoms with van der Waals surface area (Å²) >= 11 is 0. The van der Waals surface area contributed by atoms with Gasteiger partial charge in [-0.15, -0.1) is 0 Å². The Balaban J connectivity index is 1.46. The lowest BCUT2D eigenvalue weighted by Gasteiger charge is -2.33. The maximum Gasteiger partial charge on any atom is 0.211 e. The number of pyridine rings is 2. The van der Waals surface area contributed by atoms with Gasteiger partial charge in [0.25, 0.3) is 0 Å². The Hall–Kier alpha value is -1.99. The molecule has 1 aliphatic carbocycles. The fourth-order valence-electron chi connectivity index (χ4n) is 3.25. The lowest BCUT2D eigenvalue weighted by atomic mass is 10.1. The van der Waals surface area contributed by atoms with Gasteiger partial charge in [-0.25, -0.2) is 13.4 Å². The lowest BCUT2D eigenvalue weighted by molar-refractivity contribution is 0.387. The van der Waals surface area contributed by atoms with Gasteiger partial charge in [-0.3, -0.25) is 4.98 Å². The van der Waals surface area contributed by atoms with Gasteiger partial charge in [-0.05, 0) is 48.6 Å². The standard InChI is InChI=1S/C18H22N4O2S/c1-25(23,24)22-10-8-21(9-11-22)18-5-4-16(13-20-18)17-12-15(6-7-19-17)14-2-3-14/h4-7,12-14H,2-3,8-11H2,1H3. The third kappa shape index (κ3) is 3.67. The molecule has 2 aromatic heterocycles. The molecule has 0 amide bonds. The van der Waals surface area contributed by atoms with E-state index in [1.165, 1.54) is 29.0 Å². The Labute approximate surface area is 148 Å². The van der Waals surface area contributed by atoms with E-state index in [0.29, 0.717) is 32.1 Å². The molecule has 0 bridgehead atoms. The van der Waals surface area contributed by atoms with Crippen molar-refractivity contribution >= 4 is 15.8 Å². The molecule has 6 nitrogen and oxygen atoms in total. The van der Waals surface area contributed by atoms with E-state index >= 15 is 0 Å². The van der Waals surface area contributed by atoms with Gasteiger partial charge in [0.1, 0.15) is 5.82 Å². The number of nitrogens with zero attached hydrogens (tertiary/aromatic N) is 4. The van der Waals surface area contributed by atoms with Crippen LogP contribution in [0.5, 0.6) is 0 Å². The van der Waals surface area contributed by atoms with E-state index in [9.17, 15) is 8.42 Å². The number of hydrogen-bond donors (Lipinski definition) is 0. The van der Waals surface area contributed by atoms with Crippen LogP contribution in [-0.2, 0) is 10.0 Å². The normalized spacial score (nSPS) is 19.2. The monoisotopic (exact) mass is 358 g/mol. The van der Waals surface area contributed by atoms with Crippen LogP contribution >= 0.6 is 0 Å². The Morgan fingerprint density at radius 1 is 1.04 bits per heavy atom. The molecular formula is C18H22N4O2S. The molecule has 0 N–H and O–H groups in total. The van der Waals surface area contributed by atoms with E-state index in [0.717, 1.165) is 17.1 Å². The maximum absolute atomic E-state index is 11.6.